The number of ether oxygens (including phenoxy) is 1. The van der Waals surface area contributed by atoms with Gasteiger partial charge in [0.25, 0.3) is 0 Å². The molecular weight excluding hydrogens is 264 g/mol. The lowest BCUT2D eigenvalue weighted by molar-refractivity contribution is 0.00694. The van der Waals surface area contributed by atoms with E-state index >= 15 is 0 Å². The van der Waals surface area contributed by atoms with E-state index in [0.29, 0.717) is 10.7 Å². The Bertz CT molecular complexity index is 477. The molecule has 0 unspecified atom stereocenters. The number of hydrogen-bond donors (Lipinski definition) is 0. The lowest BCUT2D eigenvalue weighted by Gasteiger charge is -2.21. The van der Waals surface area contributed by atoms with Gasteiger partial charge in [-0.25, -0.2) is 9.78 Å². The molecule has 5 heteroatoms. The zero-order valence-corrected chi connectivity index (χ0v) is 12.3. The van der Waals surface area contributed by atoms with E-state index in [2.05, 4.69) is 9.88 Å². The van der Waals surface area contributed by atoms with Crippen LogP contribution in [0, 0.1) is 0 Å². The number of anilines is 1. The summed E-state index contributed by atoms with van der Waals surface area (Å²) in [5.41, 5.74) is -0.0579. The van der Waals surface area contributed by atoms with Crippen LogP contribution in [0.15, 0.2) is 12.1 Å². The summed E-state index contributed by atoms with van der Waals surface area (Å²) in [5.74, 6) is 0.392. The average molecular weight is 283 g/mol. The van der Waals surface area contributed by atoms with E-state index in [1.165, 1.54) is 0 Å². The molecule has 1 aliphatic heterocycles. The zero-order chi connectivity index (χ0) is 14.0. The fraction of sp³-hybridized carbons (Fsp3) is 0.571. The van der Waals surface area contributed by atoms with Gasteiger partial charge in [0.2, 0.25) is 0 Å². The topological polar surface area (TPSA) is 42.4 Å². The first kappa shape index (κ1) is 14.1. The van der Waals surface area contributed by atoms with Gasteiger partial charge in [0.05, 0.1) is 5.56 Å². The Hall–Kier alpha value is -1.29. The van der Waals surface area contributed by atoms with Crippen LogP contribution < -0.4 is 4.90 Å². The minimum Gasteiger partial charge on any atom is -0.456 e. The summed E-state index contributed by atoms with van der Waals surface area (Å²) in [6, 6.07) is 3.31. The van der Waals surface area contributed by atoms with Crippen LogP contribution in [0.2, 0.25) is 5.15 Å². The molecule has 2 rings (SSSR count). The molecule has 0 aliphatic carbocycles. The molecule has 19 heavy (non-hydrogen) atoms. The first-order chi connectivity index (χ1) is 8.85. The quantitative estimate of drug-likeness (QED) is 0.617. The van der Waals surface area contributed by atoms with E-state index < -0.39 is 5.60 Å². The van der Waals surface area contributed by atoms with E-state index in [1.807, 2.05) is 20.8 Å². The third kappa shape index (κ3) is 3.83. The number of carbonyl (C=O) groups is 1. The van der Waals surface area contributed by atoms with Gasteiger partial charge in [-0.1, -0.05) is 11.6 Å². The Labute approximate surface area is 118 Å². The number of esters is 1. The number of aromatic nitrogens is 1. The summed E-state index contributed by atoms with van der Waals surface area (Å²) >= 11 is 6.00. The molecular formula is C14H19ClN2O2. The van der Waals surface area contributed by atoms with Gasteiger partial charge in [-0.3, -0.25) is 0 Å². The molecule has 4 nitrogen and oxygen atoms in total. The summed E-state index contributed by atoms with van der Waals surface area (Å²) in [6.45, 7) is 7.45. The largest absolute Gasteiger partial charge is 0.456 e. The second kappa shape index (κ2) is 5.37. The van der Waals surface area contributed by atoms with Crippen LogP contribution in [0.1, 0.15) is 44.0 Å². The summed E-state index contributed by atoms with van der Waals surface area (Å²) in [6.07, 6.45) is 2.30. The molecule has 0 radical (unpaired) electrons. The number of hydrogen-bond acceptors (Lipinski definition) is 4. The Balaban J connectivity index is 2.23. The van der Waals surface area contributed by atoms with Gasteiger partial charge in [0.15, 0.2) is 0 Å². The molecule has 0 spiro atoms. The molecule has 0 N–H and O–H groups in total. The SMILES string of the molecule is CC(C)(C)OC(=O)c1cc(Cl)nc(N2CCCC2)c1. The number of carbonyl (C=O) groups excluding carboxylic acids is 1. The number of nitrogens with zero attached hydrogens (tertiary/aromatic N) is 2. The molecule has 2 heterocycles. The Kier molecular flexibility index (Phi) is 3.99. The third-order valence-corrected chi connectivity index (χ3v) is 3.04. The molecule has 0 amide bonds. The second-order valence-electron chi connectivity index (χ2n) is 5.73. The summed E-state index contributed by atoms with van der Waals surface area (Å²) < 4.78 is 5.35. The third-order valence-electron chi connectivity index (χ3n) is 2.85. The molecule has 0 aromatic carbocycles. The van der Waals surface area contributed by atoms with Crippen molar-refractivity contribution >= 4 is 23.4 Å². The van der Waals surface area contributed by atoms with Gasteiger partial charge < -0.3 is 9.64 Å². The molecule has 1 aromatic rings. The van der Waals surface area contributed by atoms with Crippen LogP contribution in [0.25, 0.3) is 0 Å². The van der Waals surface area contributed by atoms with E-state index in [-0.39, 0.29) is 5.97 Å². The first-order valence-corrected chi connectivity index (χ1v) is 6.89. The van der Waals surface area contributed by atoms with Crippen molar-refractivity contribution in [3.05, 3.63) is 22.8 Å². The predicted octanol–water partition coefficient (Wildman–Crippen LogP) is 3.29. The molecule has 1 aromatic heterocycles. The highest BCUT2D eigenvalue weighted by Crippen LogP contribution is 2.23. The highest BCUT2D eigenvalue weighted by molar-refractivity contribution is 6.29. The summed E-state index contributed by atoms with van der Waals surface area (Å²) in [4.78, 5) is 18.5. The predicted molar refractivity (Wildman–Crippen MR) is 75.9 cm³/mol. The van der Waals surface area contributed by atoms with E-state index in [0.717, 1.165) is 31.7 Å². The van der Waals surface area contributed by atoms with Crippen molar-refractivity contribution in [2.75, 3.05) is 18.0 Å². The fourth-order valence-corrected chi connectivity index (χ4v) is 2.25. The highest BCUT2D eigenvalue weighted by atomic mass is 35.5. The zero-order valence-electron chi connectivity index (χ0n) is 11.6. The van der Waals surface area contributed by atoms with Crippen LogP contribution in [0.3, 0.4) is 0 Å². The van der Waals surface area contributed by atoms with Crippen molar-refractivity contribution in [3.63, 3.8) is 0 Å². The Morgan fingerprint density at radius 1 is 1.32 bits per heavy atom. The maximum Gasteiger partial charge on any atom is 0.338 e. The van der Waals surface area contributed by atoms with Crippen LogP contribution in [-0.2, 0) is 4.74 Å². The van der Waals surface area contributed by atoms with Crippen molar-refractivity contribution in [2.24, 2.45) is 0 Å². The van der Waals surface area contributed by atoms with Gasteiger partial charge in [0.1, 0.15) is 16.6 Å². The Morgan fingerprint density at radius 3 is 2.53 bits per heavy atom. The molecule has 1 aliphatic rings. The Morgan fingerprint density at radius 2 is 1.95 bits per heavy atom. The van der Waals surface area contributed by atoms with Crippen LogP contribution in [-0.4, -0.2) is 29.6 Å². The van der Waals surface area contributed by atoms with Crippen LogP contribution >= 0.6 is 11.6 Å². The van der Waals surface area contributed by atoms with Crippen molar-refractivity contribution in [1.29, 1.82) is 0 Å². The van der Waals surface area contributed by atoms with Crippen molar-refractivity contribution in [3.8, 4) is 0 Å². The van der Waals surface area contributed by atoms with Gasteiger partial charge in [-0.15, -0.1) is 0 Å². The summed E-state index contributed by atoms with van der Waals surface area (Å²) in [5, 5.41) is 0.324. The average Bonchev–Trinajstić information content (AvgIpc) is 2.79. The highest BCUT2D eigenvalue weighted by Gasteiger charge is 2.21. The monoisotopic (exact) mass is 282 g/mol. The normalized spacial score (nSPS) is 15.7. The van der Waals surface area contributed by atoms with Gasteiger partial charge in [-0.05, 0) is 45.7 Å². The summed E-state index contributed by atoms with van der Waals surface area (Å²) in [7, 11) is 0. The van der Waals surface area contributed by atoms with Crippen LogP contribution in [0.5, 0.6) is 0 Å². The molecule has 104 valence electrons. The van der Waals surface area contributed by atoms with Gasteiger partial charge in [0, 0.05) is 13.1 Å². The van der Waals surface area contributed by atoms with E-state index in [9.17, 15) is 4.79 Å². The molecule has 1 fully saturated rings. The van der Waals surface area contributed by atoms with Crippen molar-refractivity contribution in [2.45, 2.75) is 39.2 Å². The van der Waals surface area contributed by atoms with Crippen molar-refractivity contribution < 1.29 is 9.53 Å². The molecule has 0 saturated carbocycles. The maximum atomic E-state index is 12.1. The standard InChI is InChI=1S/C14H19ClN2O2/c1-14(2,3)19-13(18)10-8-11(15)16-12(9-10)17-6-4-5-7-17/h8-9H,4-7H2,1-3H3. The minimum atomic E-state index is -0.513. The maximum absolute atomic E-state index is 12.1. The minimum absolute atomic E-state index is 0.324. The molecule has 0 bridgehead atoms. The second-order valence-corrected chi connectivity index (χ2v) is 6.12. The number of halogens is 1. The smallest absolute Gasteiger partial charge is 0.338 e. The van der Waals surface area contributed by atoms with E-state index in [4.69, 9.17) is 16.3 Å². The number of rotatable bonds is 2. The number of pyridine rings is 1. The van der Waals surface area contributed by atoms with E-state index in [1.54, 1.807) is 12.1 Å². The van der Waals surface area contributed by atoms with Crippen molar-refractivity contribution in [1.82, 2.24) is 4.98 Å². The van der Waals surface area contributed by atoms with Crippen LogP contribution in [0.4, 0.5) is 5.82 Å². The molecule has 1 saturated heterocycles. The first-order valence-electron chi connectivity index (χ1n) is 6.51. The van der Waals surface area contributed by atoms with Gasteiger partial charge in [-0.2, -0.15) is 0 Å². The lowest BCUT2D eigenvalue weighted by Crippen LogP contribution is -2.24. The fourth-order valence-electron chi connectivity index (χ4n) is 2.05. The van der Waals surface area contributed by atoms with Gasteiger partial charge >= 0.3 is 5.97 Å². The molecule has 0 atom stereocenters. The lowest BCUT2D eigenvalue weighted by atomic mass is 10.2.